The molecule has 3 aromatic heterocycles. The molecule has 1 fully saturated rings. The van der Waals surface area contributed by atoms with Gasteiger partial charge in [-0.05, 0) is 50.5 Å². The highest BCUT2D eigenvalue weighted by Gasteiger charge is 2.29. The van der Waals surface area contributed by atoms with Gasteiger partial charge >= 0.3 is 0 Å². The van der Waals surface area contributed by atoms with Crippen LogP contribution in [-0.2, 0) is 14.8 Å². The second kappa shape index (κ2) is 11.6. The molecule has 0 spiro atoms. The molecule has 14 heteroatoms. The Bertz CT molecular complexity index is 1720. The molecule has 1 saturated heterocycles. The van der Waals surface area contributed by atoms with Crippen molar-refractivity contribution < 1.29 is 21.9 Å². The third-order valence-electron chi connectivity index (χ3n) is 6.73. The smallest absolute Gasteiger partial charge is 0.295 e. The number of fused-ring (bicyclic) bond motifs is 1. The van der Waals surface area contributed by atoms with E-state index in [1.165, 1.54) is 15.9 Å². The molecule has 2 N–H and O–H groups in total. The number of rotatable bonds is 9. The fourth-order valence-corrected chi connectivity index (χ4v) is 5.49. The summed E-state index contributed by atoms with van der Waals surface area (Å²) in [6, 6.07) is 15.2. The number of ether oxygens (including phenoxy) is 1. The van der Waals surface area contributed by atoms with E-state index in [4.69, 9.17) is 4.74 Å². The highest BCUT2D eigenvalue weighted by atomic mass is 32.2. The quantitative estimate of drug-likeness (QED) is 0.258. The normalized spacial score (nSPS) is 15.6. The standard InChI is InChI=1S/C27H28F2N8O3S/c1-3-41(38,39)36(2)20-11-5-4-10-18(20)32-19-15-22(33-21-12-8-9-17(16-30)31-21)34-26-24(19)35-27(25(28)29)37(26)23-13-6-7-14-40-23/h4-5,8-12,15,23,25H,3,6-7,13-14H2,1-2H3,(H2,31,32,33,34). The molecule has 11 nitrogen and oxygen atoms in total. The number of aromatic nitrogens is 4. The number of alkyl halides is 2. The van der Waals surface area contributed by atoms with Crippen LogP contribution in [0.2, 0.25) is 0 Å². The lowest BCUT2D eigenvalue weighted by atomic mass is 10.2. The summed E-state index contributed by atoms with van der Waals surface area (Å²) in [5.41, 5.74) is 1.58. The number of pyridine rings is 2. The SMILES string of the molecule is CCS(=O)(=O)N(C)c1ccccc1Nc1cc(Nc2cccc(C#N)n2)nc2c1nc(C(F)F)n2C1CCCCO1. The van der Waals surface area contributed by atoms with Crippen LogP contribution in [0, 0.1) is 11.3 Å². The summed E-state index contributed by atoms with van der Waals surface area (Å²) < 4.78 is 62.3. The van der Waals surface area contributed by atoms with Gasteiger partial charge in [0.25, 0.3) is 6.43 Å². The zero-order valence-electron chi connectivity index (χ0n) is 22.4. The van der Waals surface area contributed by atoms with Gasteiger partial charge in [-0.2, -0.15) is 5.26 Å². The minimum absolute atomic E-state index is 0.107. The van der Waals surface area contributed by atoms with E-state index >= 15 is 0 Å². The van der Waals surface area contributed by atoms with Crippen LogP contribution >= 0.6 is 0 Å². The Morgan fingerprint density at radius 2 is 1.90 bits per heavy atom. The Morgan fingerprint density at radius 1 is 1.10 bits per heavy atom. The molecule has 41 heavy (non-hydrogen) atoms. The van der Waals surface area contributed by atoms with Crippen molar-refractivity contribution in [1.82, 2.24) is 19.5 Å². The van der Waals surface area contributed by atoms with Crippen LogP contribution in [0.25, 0.3) is 11.2 Å². The maximum absolute atomic E-state index is 14.3. The maximum Gasteiger partial charge on any atom is 0.295 e. The number of nitriles is 1. The van der Waals surface area contributed by atoms with E-state index in [0.717, 1.165) is 12.8 Å². The molecule has 1 unspecified atom stereocenters. The first-order chi connectivity index (χ1) is 19.7. The van der Waals surface area contributed by atoms with Crippen molar-refractivity contribution in [1.29, 1.82) is 5.26 Å². The number of sulfonamides is 1. The molecule has 1 aliphatic heterocycles. The second-order valence-corrected chi connectivity index (χ2v) is 11.6. The lowest BCUT2D eigenvalue weighted by molar-refractivity contribution is -0.0363. The first-order valence-electron chi connectivity index (χ1n) is 13.0. The fourth-order valence-electron chi connectivity index (χ4n) is 4.64. The van der Waals surface area contributed by atoms with E-state index in [9.17, 15) is 22.5 Å². The second-order valence-electron chi connectivity index (χ2n) is 9.34. The summed E-state index contributed by atoms with van der Waals surface area (Å²) in [4.78, 5) is 13.1. The van der Waals surface area contributed by atoms with E-state index < -0.39 is 28.5 Å². The number of anilines is 5. The molecule has 5 rings (SSSR count). The zero-order valence-corrected chi connectivity index (χ0v) is 23.2. The first kappa shape index (κ1) is 28.2. The number of nitrogens with zero attached hydrogens (tertiary/aromatic N) is 6. The lowest BCUT2D eigenvalue weighted by Crippen LogP contribution is -2.28. The van der Waals surface area contributed by atoms with E-state index in [1.807, 2.05) is 6.07 Å². The van der Waals surface area contributed by atoms with E-state index in [0.29, 0.717) is 35.9 Å². The number of imidazole rings is 1. The minimum atomic E-state index is -3.59. The third kappa shape index (κ3) is 5.77. The molecule has 1 aliphatic rings. The molecule has 0 aliphatic carbocycles. The van der Waals surface area contributed by atoms with Gasteiger partial charge in [-0.25, -0.2) is 32.2 Å². The van der Waals surface area contributed by atoms with Crippen LogP contribution in [0.3, 0.4) is 0 Å². The summed E-state index contributed by atoms with van der Waals surface area (Å²) >= 11 is 0. The van der Waals surface area contributed by atoms with Crippen molar-refractivity contribution in [3.8, 4) is 6.07 Å². The van der Waals surface area contributed by atoms with E-state index in [2.05, 4.69) is 25.6 Å². The summed E-state index contributed by atoms with van der Waals surface area (Å²) in [6.45, 7) is 1.97. The molecule has 1 atom stereocenters. The van der Waals surface area contributed by atoms with Crippen LogP contribution in [0.5, 0.6) is 0 Å². The minimum Gasteiger partial charge on any atom is -0.358 e. The third-order valence-corrected chi connectivity index (χ3v) is 8.49. The van der Waals surface area contributed by atoms with Gasteiger partial charge in [0.1, 0.15) is 35.1 Å². The molecule has 0 amide bonds. The zero-order chi connectivity index (χ0) is 29.1. The Morgan fingerprint density at radius 3 is 2.61 bits per heavy atom. The van der Waals surface area contributed by atoms with Crippen LogP contribution in [0.4, 0.5) is 37.5 Å². The van der Waals surface area contributed by atoms with Crippen molar-refractivity contribution in [3.63, 3.8) is 0 Å². The van der Waals surface area contributed by atoms with Crippen LogP contribution in [-0.4, -0.2) is 47.3 Å². The molecule has 214 valence electrons. The Balaban J connectivity index is 1.68. The van der Waals surface area contributed by atoms with Crippen molar-refractivity contribution in [3.05, 3.63) is 60.0 Å². The molecular formula is C27H28F2N8O3S. The monoisotopic (exact) mass is 582 g/mol. The van der Waals surface area contributed by atoms with Gasteiger partial charge in [0, 0.05) is 19.7 Å². The van der Waals surface area contributed by atoms with Gasteiger partial charge in [0.2, 0.25) is 10.0 Å². The predicted molar refractivity (Wildman–Crippen MR) is 151 cm³/mol. The Kier molecular flexibility index (Phi) is 8.00. The van der Waals surface area contributed by atoms with Crippen molar-refractivity contribution in [2.75, 3.05) is 34.3 Å². The predicted octanol–water partition coefficient (Wildman–Crippen LogP) is 5.61. The average Bonchev–Trinajstić information content (AvgIpc) is 3.38. The largest absolute Gasteiger partial charge is 0.358 e. The van der Waals surface area contributed by atoms with Crippen molar-refractivity contribution in [2.45, 2.75) is 38.8 Å². The molecule has 0 bridgehead atoms. The van der Waals surface area contributed by atoms with E-state index in [-0.39, 0.29) is 28.4 Å². The van der Waals surface area contributed by atoms with E-state index in [1.54, 1.807) is 55.5 Å². The number of nitrogens with one attached hydrogen (secondary N) is 2. The number of hydrogen-bond donors (Lipinski definition) is 2. The first-order valence-corrected chi connectivity index (χ1v) is 14.6. The number of benzene rings is 1. The average molecular weight is 583 g/mol. The fraction of sp³-hybridized carbons (Fsp3) is 0.333. The van der Waals surface area contributed by atoms with Gasteiger partial charge in [0.15, 0.2) is 11.5 Å². The van der Waals surface area contributed by atoms with Crippen LogP contribution in [0.15, 0.2) is 48.5 Å². The topological polar surface area (TPSA) is 138 Å². The van der Waals surface area contributed by atoms with Crippen LogP contribution < -0.4 is 14.9 Å². The molecular weight excluding hydrogens is 554 g/mol. The summed E-state index contributed by atoms with van der Waals surface area (Å²) in [5.74, 6) is -0.0235. The molecule has 4 heterocycles. The van der Waals surface area contributed by atoms with Crippen molar-refractivity contribution in [2.24, 2.45) is 0 Å². The Labute approximate surface area is 235 Å². The number of hydrogen-bond acceptors (Lipinski definition) is 9. The Hall–Kier alpha value is -4.35. The summed E-state index contributed by atoms with van der Waals surface area (Å²) in [7, 11) is -2.14. The number of halogens is 2. The van der Waals surface area contributed by atoms with Gasteiger partial charge in [0.05, 0.1) is 22.8 Å². The number of para-hydroxylation sites is 2. The molecule has 0 saturated carbocycles. The van der Waals surface area contributed by atoms with Gasteiger partial charge in [-0.3, -0.25) is 8.87 Å². The maximum atomic E-state index is 14.3. The molecule has 0 radical (unpaired) electrons. The highest BCUT2D eigenvalue weighted by molar-refractivity contribution is 7.92. The summed E-state index contributed by atoms with van der Waals surface area (Å²) in [5, 5.41) is 15.5. The van der Waals surface area contributed by atoms with Crippen molar-refractivity contribution >= 4 is 49.9 Å². The molecule has 1 aromatic carbocycles. The van der Waals surface area contributed by atoms with Gasteiger partial charge < -0.3 is 15.4 Å². The van der Waals surface area contributed by atoms with Crippen LogP contribution in [0.1, 0.15) is 50.4 Å². The summed E-state index contributed by atoms with van der Waals surface area (Å²) in [6.07, 6.45) is -1.44. The highest BCUT2D eigenvalue weighted by Crippen LogP contribution is 2.38. The van der Waals surface area contributed by atoms with Gasteiger partial charge in [-0.15, -0.1) is 0 Å². The molecule has 4 aromatic rings. The van der Waals surface area contributed by atoms with Gasteiger partial charge in [-0.1, -0.05) is 18.2 Å². The lowest BCUT2D eigenvalue weighted by Gasteiger charge is -2.25.